The van der Waals surface area contributed by atoms with E-state index in [0.29, 0.717) is 6.42 Å². The third kappa shape index (κ3) is 10.7. The van der Waals surface area contributed by atoms with Crippen molar-refractivity contribution in [2.45, 2.75) is 76.7 Å². The number of carbonyl (C=O) groups is 6. The van der Waals surface area contributed by atoms with Crippen LogP contribution in [0.15, 0.2) is 0 Å². The third-order valence-electron chi connectivity index (χ3n) is 5.12. The lowest BCUT2D eigenvalue weighted by Crippen LogP contribution is -2.60. The molecule has 6 unspecified atom stereocenters. The van der Waals surface area contributed by atoms with Crippen LogP contribution in [0.5, 0.6) is 0 Å². The summed E-state index contributed by atoms with van der Waals surface area (Å²) in [5, 5.41) is 34.2. The van der Waals surface area contributed by atoms with Gasteiger partial charge in [-0.1, -0.05) is 20.3 Å². The highest BCUT2D eigenvalue weighted by Crippen LogP contribution is 2.08. The number of nitrogens with two attached hydrogens (primary N) is 1. The van der Waals surface area contributed by atoms with Gasteiger partial charge in [0.25, 0.3) is 0 Å². The summed E-state index contributed by atoms with van der Waals surface area (Å²) < 4.78 is 12.7. The number of halogens is 1. The summed E-state index contributed by atoms with van der Waals surface area (Å²) in [6, 6.07) is -5.91. The first-order chi connectivity index (χ1) is 15.7. The summed E-state index contributed by atoms with van der Waals surface area (Å²) in [6.07, 6.45) is -2.82. The van der Waals surface area contributed by atoms with Crippen molar-refractivity contribution in [3.8, 4) is 0 Å². The molecule has 0 fully saturated rings. The van der Waals surface area contributed by atoms with Gasteiger partial charge in [-0.05, 0) is 19.3 Å². The molecule has 0 aromatic rings. The Labute approximate surface area is 195 Å². The van der Waals surface area contributed by atoms with E-state index in [-0.39, 0.29) is 12.3 Å². The maximum atomic E-state index is 12.8. The maximum absolute atomic E-state index is 12.8. The van der Waals surface area contributed by atoms with Crippen LogP contribution in [-0.2, 0) is 28.8 Å². The van der Waals surface area contributed by atoms with E-state index < -0.39 is 85.2 Å². The maximum Gasteiger partial charge on any atom is 0.305 e. The zero-order chi connectivity index (χ0) is 26.6. The van der Waals surface area contributed by atoms with Gasteiger partial charge in [-0.2, -0.15) is 0 Å². The number of hydrogen-bond donors (Lipinski definition) is 7. The number of amides is 3. The number of carbonyl (C=O) groups excluding carboxylic acids is 4. The molecule has 0 aromatic carbocycles. The van der Waals surface area contributed by atoms with Crippen molar-refractivity contribution >= 4 is 35.4 Å². The number of aliphatic hydroxyl groups is 1. The molecule has 0 saturated heterocycles. The lowest BCUT2D eigenvalue weighted by molar-refractivity contribution is -0.141. The van der Waals surface area contributed by atoms with Crippen molar-refractivity contribution in [1.29, 1.82) is 0 Å². The Bertz CT molecular complexity index is 762. The Morgan fingerprint density at radius 3 is 1.88 bits per heavy atom. The summed E-state index contributed by atoms with van der Waals surface area (Å²) in [7, 11) is 0. The van der Waals surface area contributed by atoms with E-state index in [4.69, 9.17) is 15.9 Å². The predicted octanol–water partition coefficient (Wildman–Crippen LogP) is -1.93. The van der Waals surface area contributed by atoms with Crippen LogP contribution in [0.4, 0.5) is 4.39 Å². The number of ketones is 1. The first-order valence-electron chi connectivity index (χ1n) is 10.6. The number of alkyl halides is 1. The second-order valence-electron chi connectivity index (χ2n) is 7.89. The molecule has 0 saturated carbocycles. The highest BCUT2D eigenvalue weighted by molar-refractivity contribution is 5.96. The summed E-state index contributed by atoms with van der Waals surface area (Å²) in [4.78, 5) is 71.1. The molecule has 14 heteroatoms. The molecule has 34 heavy (non-hydrogen) atoms. The number of hydrogen-bond acceptors (Lipinski definition) is 8. The average Bonchev–Trinajstić information content (AvgIpc) is 2.76. The number of nitrogens with one attached hydrogen (secondary N) is 3. The molecular formula is C20H33FN4O9. The Morgan fingerprint density at radius 2 is 1.44 bits per heavy atom. The van der Waals surface area contributed by atoms with E-state index in [1.165, 1.54) is 0 Å². The number of carboxylic acids is 2. The molecule has 0 aliphatic rings. The summed E-state index contributed by atoms with van der Waals surface area (Å²) in [5.74, 6) is -7.18. The molecular weight excluding hydrogens is 459 g/mol. The molecule has 13 nitrogen and oxygen atoms in total. The van der Waals surface area contributed by atoms with Gasteiger partial charge in [0.05, 0.1) is 18.6 Å². The lowest BCUT2D eigenvalue weighted by atomic mass is 9.98. The quantitative estimate of drug-likeness (QED) is 0.126. The second kappa shape index (κ2) is 14.9. The SMILES string of the molecule is CCC(C)C(N)C(=O)NC(CCC(=O)O)C(=O)NC(C(=O)NC(CC(=O)O)C(=O)CF)C(C)O. The monoisotopic (exact) mass is 492 g/mol. The Hall–Kier alpha value is -3.13. The molecule has 194 valence electrons. The fraction of sp³-hybridized carbons (Fsp3) is 0.700. The zero-order valence-electron chi connectivity index (χ0n) is 19.2. The molecule has 6 atom stereocenters. The fourth-order valence-corrected chi connectivity index (χ4v) is 2.75. The van der Waals surface area contributed by atoms with E-state index in [9.17, 15) is 38.3 Å². The molecule has 0 heterocycles. The summed E-state index contributed by atoms with van der Waals surface area (Å²) >= 11 is 0. The molecule has 0 aromatic heterocycles. The first kappa shape index (κ1) is 30.9. The molecule has 8 N–H and O–H groups in total. The third-order valence-corrected chi connectivity index (χ3v) is 5.12. The van der Waals surface area contributed by atoms with Crippen molar-refractivity contribution in [2.75, 3.05) is 6.67 Å². The minimum atomic E-state index is -1.75. The van der Waals surface area contributed by atoms with Crippen LogP contribution in [0, 0.1) is 5.92 Å². The van der Waals surface area contributed by atoms with Gasteiger partial charge in [-0.15, -0.1) is 0 Å². The van der Waals surface area contributed by atoms with Gasteiger partial charge in [0, 0.05) is 6.42 Å². The van der Waals surface area contributed by atoms with Gasteiger partial charge in [0.2, 0.25) is 17.7 Å². The summed E-state index contributed by atoms with van der Waals surface area (Å²) in [6.45, 7) is 3.06. The number of rotatable bonds is 16. The lowest BCUT2D eigenvalue weighted by Gasteiger charge is -2.27. The van der Waals surface area contributed by atoms with Gasteiger partial charge in [0.15, 0.2) is 5.78 Å². The van der Waals surface area contributed by atoms with Crippen LogP contribution >= 0.6 is 0 Å². The van der Waals surface area contributed by atoms with Crippen molar-refractivity contribution < 1.29 is 48.5 Å². The Balaban J connectivity index is 5.60. The van der Waals surface area contributed by atoms with Crippen LogP contribution < -0.4 is 21.7 Å². The number of Topliss-reactive ketones (excluding diaryl/α,β-unsaturated/α-hetero) is 1. The predicted molar refractivity (Wildman–Crippen MR) is 115 cm³/mol. The molecule has 0 spiro atoms. The normalized spacial score (nSPS) is 16.2. The number of aliphatic hydroxyl groups excluding tert-OH is 1. The standard InChI is InChI=1S/C20H33FN4O9/c1-4-9(2)16(22)19(33)23-11(5-6-14(28)29)18(32)25-17(10(3)26)20(34)24-12(7-15(30)31)13(27)8-21/h9-12,16-17,26H,4-8,22H2,1-3H3,(H,23,33)(H,24,34)(H,25,32)(H,28,29)(H,30,31). The average molecular weight is 493 g/mol. The molecule has 0 aliphatic heterocycles. The van der Waals surface area contributed by atoms with E-state index in [1.807, 2.05) is 5.32 Å². The smallest absolute Gasteiger partial charge is 0.305 e. The molecule has 0 bridgehead atoms. The van der Waals surface area contributed by atoms with Crippen LogP contribution in [-0.4, -0.2) is 87.7 Å². The Morgan fingerprint density at radius 1 is 0.882 bits per heavy atom. The van der Waals surface area contributed by atoms with E-state index in [1.54, 1.807) is 13.8 Å². The molecule has 3 amide bonds. The van der Waals surface area contributed by atoms with Crippen molar-refractivity contribution in [1.82, 2.24) is 16.0 Å². The largest absolute Gasteiger partial charge is 0.481 e. The fourth-order valence-electron chi connectivity index (χ4n) is 2.75. The molecule has 0 rings (SSSR count). The van der Waals surface area contributed by atoms with Gasteiger partial charge in [0.1, 0.15) is 24.8 Å². The minimum absolute atomic E-state index is 0.251. The van der Waals surface area contributed by atoms with Crippen molar-refractivity contribution in [3.63, 3.8) is 0 Å². The van der Waals surface area contributed by atoms with Gasteiger partial charge in [-0.3, -0.25) is 28.8 Å². The molecule has 0 aliphatic carbocycles. The van der Waals surface area contributed by atoms with E-state index in [0.717, 1.165) is 6.92 Å². The van der Waals surface area contributed by atoms with Gasteiger partial charge in [-0.25, -0.2) is 4.39 Å². The topological polar surface area (TPSA) is 225 Å². The van der Waals surface area contributed by atoms with Crippen molar-refractivity contribution in [3.05, 3.63) is 0 Å². The number of aliphatic carboxylic acids is 2. The molecule has 0 radical (unpaired) electrons. The second-order valence-corrected chi connectivity index (χ2v) is 7.89. The van der Waals surface area contributed by atoms with E-state index >= 15 is 0 Å². The van der Waals surface area contributed by atoms with Crippen molar-refractivity contribution in [2.24, 2.45) is 11.7 Å². The minimum Gasteiger partial charge on any atom is -0.481 e. The summed E-state index contributed by atoms with van der Waals surface area (Å²) in [5.41, 5.74) is 5.83. The highest BCUT2D eigenvalue weighted by Gasteiger charge is 2.33. The zero-order valence-corrected chi connectivity index (χ0v) is 19.2. The van der Waals surface area contributed by atoms with Crippen LogP contribution in [0.3, 0.4) is 0 Å². The highest BCUT2D eigenvalue weighted by atomic mass is 19.1. The number of carboxylic acid groups (broad SMARTS) is 2. The van der Waals surface area contributed by atoms with E-state index in [2.05, 4.69) is 10.6 Å². The van der Waals surface area contributed by atoms with Crippen LogP contribution in [0.1, 0.15) is 46.5 Å². The first-order valence-corrected chi connectivity index (χ1v) is 10.6. The van der Waals surface area contributed by atoms with Crippen LogP contribution in [0.25, 0.3) is 0 Å². The Kier molecular flexibility index (Phi) is 13.5. The van der Waals surface area contributed by atoms with Gasteiger partial charge >= 0.3 is 11.9 Å². The van der Waals surface area contributed by atoms with Crippen LogP contribution in [0.2, 0.25) is 0 Å². The van der Waals surface area contributed by atoms with Gasteiger partial charge < -0.3 is 37.0 Å².